The molecule has 0 radical (unpaired) electrons. The molecule has 0 saturated carbocycles. The van der Waals surface area contributed by atoms with Crippen molar-refractivity contribution in [2.24, 2.45) is 5.92 Å². The number of carbonyl (C=O) groups excluding carboxylic acids is 2. The van der Waals surface area contributed by atoms with E-state index in [-0.39, 0.29) is 6.61 Å². The average Bonchev–Trinajstić information content (AvgIpc) is 2.54. The van der Waals surface area contributed by atoms with Crippen molar-refractivity contribution in [3.63, 3.8) is 0 Å². The van der Waals surface area contributed by atoms with Gasteiger partial charge in [-0.25, -0.2) is 0 Å². The monoisotopic (exact) mass is 296 g/mol. The number of carbonyl (C=O) groups is 2. The molecule has 2 aromatic carbocycles. The fourth-order valence-corrected chi connectivity index (χ4v) is 2.81. The van der Waals surface area contributed by atoms with Crippen molar-refractivity contribution in [1.29, 1.82) is 0 Å². The number of ether oxygens (including phenoxy) is 2. The first-order valence-corrected chi connectivity index (χ1v) is 7.24. The van der Waals surface area contributed by atoms with E-state index < -0.39 is 23.8 Å². The van der Waals surface area contributed by atoms with Gasteiger partial charge < -0.3 is 9.47 Å². The molecule has 1 heterocycles. The normalized spacial score (nSPS) is 20.0. The highest BCUT2D eigenvalue weighted by Crippen LogP contribution is 2.42. The van der Waals surface area contributed by atoms with Gasteiger partial charge in [-0.1, -0.05) is 48.5 Å². The van der Waals surface area contributed by atoms with Gasteiger partial charge in [0.2, 0.25) is 0 Å². The van der Waals surface area contributed by atoms with Gasteiger partial charge in [-0.3, -0.25) is 9.59 Å². The summed E-state index contributed by atoms with van der Waals surface area (Å²) in [7, 11) is 0. The molecule has 1 aliphatic heterocycles. The van der Waals surface area contributed by atoms with Gasteiger partial charge in [-0.2, -0.15) is 0 Å². The maximum absolute atomic E-state index is 12.3. The van der Waals surface area contributed by atoms with Crippen LogP contribution >= 0.6 is 0 Å². The molecule has 0 spiro atoms. The van der Waals surface area contributed by atoms with Gasteiger partial charge in [0.05, 0.1) is 6.61 Å². The molecule has 0 N–H and O–H groups in total. The fourth-order valence-electron chi connectivity index (χ4n) is 2.81. The minimum absolute atomic E-state index is 0.228. The zero-order chi connectivity index (χ0) is 15.5. The summed E-state index contributed by atoms with van der Waals surface area (Å²) in [5.41, 5.74) is 1.72. The number of hydrogen-bond acceptors (Lipinski definition) is 4. The van der Waals surface area contributed by atoms with Crippen LogP contribution in [0.5, 0.6) is 5.75 Å². The Morgan fingerprint density at radius 3 is 2.50 bits per heavy atom. The number of rotatable bonds is 3. The Balaban J connectivity index is 2.13. The molecule has 4 heteroatoms. The maximum atomic E-state index is 12.3. The zero-order valence-electron chi connectivity index (χ0n) is 12.2. The van der Waals surface area contributed by atoms with Crippen LogP contribution in [-0.2, 0) is 14.3 Å². The molecule has 2 aromatic rings. The van der Waals surface area contributed by atoms with Crippen molar-refractivity contribution in [1.82, 2.24) is 0 Å². The summed E-state index contributed by atoms with van der Waals surface area (Å²) in [5, 5.41) is 0. The predicted octanol–water partition coefficient (Wildman–Crippen LogP) is 2.92. The summed E-state index contributed by atoms with van der Waals surface area (Å²) < 4.78 is 10.4. The minimum Gasteiger partial charge on any atom is -0.465 e. The topological polar surface area (TPSA) is 52.6 Å². The highest BCUT2D eigenvalue weighted by molar-refractivity contribution is 5.99. The van der Waals surface area contributed by atoms with Gasteiger partial charge in [0.1, 0.15) is 5.75 Å². The van der Waals surface area contributed by atoms with Crippen molar-refractivity contribution >= 4 is 11.9 Å². The summed E-state index contributed by atoms with van der Waals surface area (Å²) in [4.78, 5) is 24.6. The van der Waals surface area contributed by atoms with Crippen molar-refractivity contribution in [2.45, 2.75) is 12.8 Å². The molecule has 4 nitrogen and oxygen atoms in total. The van der Waals surface area contributed by atoms with E-state index in [0.29, 0.717) is 5.75 Å². The highest BCUT2D eigenvalue weighted by Gasteiger charge is 2.44. The van der Waals surface area contributed by atoms with E-state index in [1.807, 2.05) is 42.5 Å². The van der Waals surface area contributed by atoms with Crippen molar-refractivity contribution in [3.8, 4) is 5.75 Å². The summed E-state index contributed by atoms with van der Waals surface area (Å²) in [6, 6.07) is 16.8. The Labute approximate surface area is 128 Å². The van der Waals surface area contributed by atoms with Crippen LogP contribution in [0, 0.1) is 5.92 Å². The molecule has 0 unspecified atom stereocenters. The van der Waals surface area contributed by atoms with E-state index in [1.54, 1.807) is 19.1 Å². The van der Waals surface area contributed by atoms with Crippen LogP contribution in [-0.4, -0.2) is 18.5 Å². The first-order chi connectivity index (χ1) is 10.7. The van der Waals surface area contributed by atoms with Crippen LogP contribution in [0.1, 0.15) is 24.0 Å². The van der Waals surface area contributed by atoms with Crippen LogP contribution in [0.3, 0.4) is 0 Å². The Kier molecular flexibility index (Phi) is 3.92. The molecule has 0 aromatic heterocycles. The number of fused-ring (bicyclic) bond motifs is 1. The van der Waals surface area contributed by atoms with Gasteiger partial charge in [0.25, 0.3) is 0 Å². The van der Waals surface area contributed by atoms with Crippen LogP contribution in [0.25, 0.3) is 0 Å². The lowest BCUT2D eigenvalue weighted by molar-refractivity contribution is -0.158. The van der Waals surface area contributed by atoms with Crippen LogP contribution in [0.2, 0.25) is 0 Å². The third-order valence-corrected chi connectivity index (χ3v) is 3.75. The molecule has 3 rings (SSSR count). The molecule has 0 aliphatic carbocycles. The SMILES string of the molecule is CCOC(=O)[C@@H]1C(=O)Oc2ccccc2[C@H]1c1ccccc1. The second-order valence-electron chi connectivity index (χ2n) is 5.08. The standard InChI is InChI=1S/C18H16O4/c1-2-21-17(19)16-15(12-8-4-3-5-9-12)13-10-6-7-11-14(13)22-18(16)20/h3-11,15-16H,2H2,1H3/t15-,16-/m1/s1. The number of hydrogen-bond donors (Lipinski definition) is 0. The van der Waals surface area contributed by atoms with E-state index in [9.17, 15) is 9.59 Å². The molecule has 112 valence electrons. The van der Waals surface area contributed by atoms with E-state index in [1.165, 1.54) is 0 Å². The minimum atomic E-state index is -0.975. The van der Waals surface area contributed by atoms with Crippen LogP contribution < -0.4 is 4.74 Å². The molecular weight excluding hydrogens is 280 g/mol. The van der Waals surface area contributed by atoms with E-state index in [0.717, 1.165) is 11.1 Å². The van der Waals surface area contributed by atoms with Crippen LogP contribution in [0.4, 0.5) is 0 Å². The lowest BCUT2D eigenvalue weighted by Gasteiger charge is -2.30. The summed E-state index contributed by atoms with van der Waals surface area (Å²) in [6.45, 7) is 1.95. The number of para-hydroxylation sites is 1. The lowest BCUT2D eigenvalue weighted by Crippen LogP contribution is -2.38. The average molecular weight is 296 g/mol. The predicted molar refractivity (Wildman–Crippen MR) is 80.5 cm³/mol. The summed E-state index contributed by atoms with van der Waals surface area (Å²) in [5.74, 6) is -1.97. The third-order valence-electron chi connectivity index (χ3n) is 3.75. The number of esters is 2. The molecule has 0 amide bonds. The van der Waals surface area contributed by atoms with E-state index >= 15 is 0 Å². The largest absolute Gasteiger partial charge is 0.465 e. The zero-order valence-corrected chi connectivity index (χ0v) is 12.2. The molecule has 1 aliphatic rings. The highest BCUT2D eigenvalue weighted by atomic mass is 16.6. The molecular formula is C18H16O4. The summed E-state index contributed by atoms with van der Waals surface area (Å²) in [6.07, 6.45) is 0. The van der Waals surface area contributed by atoms with Crippen molar-refractivity contribution in [3.05, 3.63) is 65.7 Å². The summed E-state index contributed by atoms with van der Waals surface area (Å²) >= 11 is 0. The Morgan fingerprint density at radius 2 is 1.77 bits per heavy atom. The van der Waals surface area contributed by atoms with Gasteiger partial charge >= 0.3 is 11.9 Å². The van der Waals surface area contributed by atoms with Gasteiger partial charge in [0, 0.05) is 11.5 Å². The van der Waals surface area contributed by atoms with Crippen molar-refractivity contribution < 1.29 is 19.1 Å². The molecule has 2 atom stereocenters. The smallest absolute Gasteiger partial charge is 0.326 e. The van der Waals surface area contributed by atoms with E-state index in [4.69, 9.17) is 9.47 Å². The third kappa shape index (κ3) is 2.48. The molecule has 0 saturated heterocycles. The van der Waals surface area contributed by atoms with E-state index in [2.05, 4.69) is 0 Å². The molecule has 0 fully saturated rings. The molecule has 0 bridgehead atoms. The van der Waals surface area contributed by atoms with Gasteiger partial charge in [-0.05, 0) is 18.6 Å². The van der Waals surface area contributed by atoms with Gasteiger partial charge in [0.15, 0.2) is 5.92 Å². The molecule has 22 heavy (non-hydrogen) atoms. The Morgan fingerprint density at radius 1 is 1.09 bits per heavy atom. The number of benzene rings is 2. The van der Waals surface area contributed by atoms with Crippen LogP contribution in [0.15, 0.2) is 54.6 Å². The Hall–Kier alpha value is -2.62. The quantitative estimate of drug-likeness (QED) is 0.496. The second-order valence-corrected chi connectivity index (χ2v) is 5.08. The maximum Gasteiger partial charge on any atom is 0.326 e. The van der Waals surface area contributed by atoms with Crippen molar-refractivity contribution in [2.75, 3.05) is 6.61 Å². The first-order valence-electron chi connectivity index (χ1n) is 7.24. The lowest BCUT2D eigenvalue weighted by atomic mass is 9.78. The Bertz CT molecular complexity index is 693. The fraction of sp³-hybridized carbons (Fsp3) is 0.222. The first kappa shape index (κ1) is 14.3. The second kappa shape index (κ2) is 6.02. The van der Waals surface area contributed by atoms with Gasteiger partial charge in [-0.15, -0.1) is 0 Å².